The van der Waals surface area contributed by atoms with Crippen molar-refractivity contribution >= 4 is 5.91 Å². The van der Waals surface area contributed by atoms with E-state index in [1.54, 1.807) is 19.2 Å². The van der Waals surface area contributed by atoms with E-state index in [9.17, 15) is 22.8 Å². The minimum absolute atomic E-state index is 0.245. The van der Waals surface area contributed by atoms with Gasteiger partial charge >= 0.3 is 6.18 Å². The van der Waals surface area contributed by atoms with Crippen molar-refractivity contribution in [3.8, 4) is 5.75 Å². The highest BCUT2D eigenvalue weighted by Gasteiger charge is 2.35. The van der Waals surface area contributed by atoms with Gasteiger partial charge in [0.05, 0.1) is 13.2 Å². The third-order valence-electron chi connectivity index (χ3n) is 4.52. The molecule has 144 valence electrons. The van der Waals surface area contributed by atoms with E-state index in [1.165, 1.54) is 6.20 Å². The fourth-order valence-electron chi connectivity index (χ4n) is 2.97. The van der Waals surface area contributed by atoms with Crippen molar-refractivity contribution in [1.29, 1.82) is 0 Å². The van der Waals surface area contributed by atoms with Gasteiger partial charge in [-0.1, -0.05) is 12.1 Å². The number of amides is 1. The van der Waals surface area contributed by atoms with Gasteiger partial charge in [0.1, 0.15) is 17.9 Å². The summed E-state index contributed by atoms with van der Waals surface area (Å²) in [5.41, 5.74) is -1.62. The van der Waals surface area contributed by atoms with Gasteiger partial charge in [0.2, 0.25) is 5.91 Å². The number of nitrogens with zero attached hydrogens (tertiary/aromatic N) is 1. The number of hydrogen-bond donors (Lipinski definition) is 1. The van der Waals surface area contributed by atoms with Crippen LogP contribution in [0.3, 0.4) is 0 Å². The lowest BCUT2D eigenvalue weighted by Gasteiger charge is -2.20. The van der Waals surface area contributed by atoms with Crippen LogP contribution in [0, 0.1) is 5.92 Å². The summed E-state index contributed by atoms with van der Waals surface area (Å²) >= 11 is 0. The monoisotopic (exact) mass is 380 g/mol. The molecule has 1 atom stereocenters. The number of carbonyl (C=O) groups excluding carboxylic acids is 1. The van der Waals surface area contributed by atoms with Crippen LogP contribution in [0.5, 0.6) is 5.75 Å². The number of carbonyl (C=O) groups is 1. The fraction of sp³-hybridized carbons (Fsp3) is 0.368. The van der Waals surface area contributed by atoms with Crippen LogP contribution in [0.15, 0.2) is 47.4 Å². The molecule has 5 nitrogen and oxygen atoms in total. The first-order valence-corrected chi connectivity index (χ1v) is 8.49. The number of benzene rings is 1. The van der Waals surface area contributed by atoms with E-state index in [0.29, 0.717) is 11.8 Å². The second-order valence-corrected chi connectivity index (χ2v) is 6.51. The molecule has 0 bridgehead atoms. The van der Waals surface area contributed by atoms with E-state index in [2.05, 4.69) is 5.32 Å². The molecule has 1 heterocycles. The van der Waals surface area contributed by atoms with Gasteiger partial charge in [0.15, 0.2) is 0 Å². The van der Waals surface area contributed by atoms with Crippen LogP contribution in [0.25, 0.3) is 0 Å². The number of pyridine rings is 1. The smallest absolute Gasteiger partial charge is 0.421 e. The number of alkyl halides is 3. The molecule has 0 saturated heterocycles. The Morgan fingerprint density at radius 3 is 2.48 bits per heavy atom. The van der Waals surface area contributed by atoms with Crippen molar-refractivity contribution < 1.29 is 22.7 Å². The van der Waals surface area contributed by atoms with Gasteiger partial charge in [-0.05, 0) is 48.6 Å². The molecular formula is C19H19F3N2O3. The molecule has 1 N–H and O–H groups in total. The Morgan fingerprint density at radius 1 is 1.26 bits per heavy atom. The third kappa shape index (κ3) is 4.50. The van der Waals surface area contributed by atoms with E-state index in [1.807, 2.05) is 12.1 Å². The van der Waals surface area contributed by atoms with Crippen molar-refractivity contribution in [3.63, 3.8) is 0 Å². The van der Waals surface area contributed by atoms with Gasteiger partial charge in [0.25, 0.3) is 5.56 Å². The molecule has 1 fully saturated rings. The summed E-state index contributed by atoms with van der Waals surface area (Å²) in [4.78, 5) is 24.4. The zero-order chi connectivity index (χ0) is 19.6. The molecule has 1 aromatic heterocycles. The summed E-state index contributed by atoms with van der Waals surface area (Å²) in [7, 11) is 1.56. The molecule has 1 unspecified atom stereocenters. The minimum Gasteiger partial charge on any atom is -0.497 e. The van der Waals surface area contributed by atoms with Crippen LogP contribution in [0.2, 0.25) is 0 Å². The first-order chi connectivity index (χ1) is 12.8. The lowest BCUT2D eigenvalue weighted by Crippen LogP contribution is -2.37. The summed E-state index contributed by atoms with van der Waals surface area (Å²) in [6.45, 7) is -0.470. The predicted octanol–water partition coefficient (Wildman–Crippen LogP) is 3.14. The molecule has 2 aromatic rings. The average molecular weight is 380 g/mol. The SMILES string of the molecule is COc1ccc(C(NC(=O)Cn2cccc(C(F)(F)F)c2=O)C2CC2)cc1. The Hall–Kier alpha value is -2.77. The van der Waals surface area contributed by atoms with E-state index >= 15 is 0 Å². The van der Waals surface area contributed by atoms with Gasteiger partial charge in [-0.25, -0.2) is 0 Å². The first kappa shape index (κ1) is 19.0. The topological polar surface area (TPSA) is 60.3 Å². The highest BCUT2D eigenvalue weighted by atomic mass is 19.4. The van der Waals surface area contributed by atoms with Crippen molar-refractivity contribution in [3.05, 3.63) is 64.1 Å². The fourth-order valence-corrected chi connectivity index (χ4v) is 2.97. The summed E-state index contributed by atoms with van der Waals surface area (Å²) < 4.78 is 44.4. The van der Waals surface area contributed by atoms with Gasteiger partial charge in [-0.2, -0.15) is 13.2 Å². The van der Waals surface area contributed by atoms with E-state index in [4.69, 9.17) is 4.74 Å². The number of ether oxygens (including phenoxy) is 1. The number of rotatable bonds is 6. The molecule has 1 aromatic carbocycles. The lowest BCUT2D eigenvalue weighted by molar-refractivity contribution is -0.139. The standard InChI is InChI=1S/C19H19F3N2O3/c1-27-14-8-6-13(7-9-14)17(12-4-5-12)23-16(25)11-24-10-2-3-15(18(24)26)19(20,21)22/h2-3,6-10,12,17H,4-5,11H2,1H3,(H,23,25). The maximum Gasteiger partial charge on any atom is 0.421 e. The molecule has 1 aliphatic rings. The molecule has 1 amide bonds. The van der Waals surface area contributed by atoms with Crippen LogP contribution in [0.1, 0.15) is 30.0 Å². The Morgan fingerprint density at radius 2 is 1.93 bits per heavy atom. The van der Waals surface area contributed by atoms with E-state index in [0.717, 1.165) is 29.0 Å². The molecule has 27 heavy (non-hydrogen) atoms. The molecule has 0 spiro atoms. The summed E-state index contributed by atoms with van der Waals surface area (Å²) in [6, 6.07) is 8.84. The highest BCUT2D eigenvalue weighted by molar-refractivity contribution is 5.76. The van der Waals surface area contributed by atoms with Crippen molar-refractivity contribution in [2.45, 2.75) is 31.6 Å². The molecule has 3 rings (SSSR count). The van der Waals surface area contributed by atoms with Crippen molar-refractivity contribution in [1.82, 2.24) is 9.88 Å². The van der Waals surface area contributed by atoms with E-state index in [-0.39, 0.29) is 12.0 Å². The predicted molar refractivity (Wildman–Crippen MR) is 92.3 cm³/mol. The Bertz CT molecular complexity index is 871. The first-order valence-electron chi connectivity index (χ1n) is 8.49. The highest BCUT2D eigenvalue weighted by Crippen LogP contribution is 2.41. The molecule has 1 aliphatic carbocycles. The summed E-state index contributed by atoms with van der Waals surface area (Å²) in [6.07, 6.45) is -1.66. The Labute approximate surface area is 153 Å². The number of methoxy groups -OCH3 is 1. The Kier molecular flexibility index (Phi) is 5.25. The molecule has 1 saturated carbocycles. The average Bonchev–Trinajstić information content (AvgIpc) is 3.45. The van der Waals surface area contributed by atoms with Crippen molar-refractivity contribution in [2.24, 2.45) is 5.92 Å². The van der Waals surface area contributed by atoms with Gasteiger partial charge in [0, 0.05) is 6.20 Å². The normalized spacial score (nSPS) is 15.3. The Balaban J connectivity index is 1.75. The van der Waals surface area contributed by atoms with Crippen LogP contribution < -0.4 is 15.6 Å². The molecule has 8 heteroatoms. The number of aromatic nitrogens is 1. The molecular weight excluding hydrogens is 361 g/mol. The number of halogens is 3. The number of nitrogens with one attached hydrogen (secondary N) is 1. The minimum atomic E-state index is -4.75. The molecule has 0 aliphatic heterocycles. The molecule has 0 radical (unpaired) electrons. The third-order valence-corrected chi connectivity index (χ3v) is 4.52. The number of hydrogen-bond acceptors (Lipinski definition) is 3. The zero-order valence-corrected chi connectivity index (χ0v) is 14.6. The lowest BCUT2D eigenvalue weighted by atomic mass is 10.0. The second kappa shape index (κ2) is 7.46. The second-order valence-electron chi connectivity index (χ2n) is 6.51. The van der Waals surface area contributed by atoms with Crippen LogP contribution in [-0.4, -0.2) is 17.6 Å². The van der Waals surface area contributed by atoms with Gasteiger partial charge < -0.3 is 14.6 Å². The van der Waals surface area contributed by atoms with E-state index < -0.39 is 29.8 Å². The summed E-state index contributed by atoms with van der Waals surface area (Å²) in [5, 5.41) is 2.85. The van der Waals surface area contributed by atoms with Gasteiger partial charge in [-0.15, -0.1) is 0 Å². The maximum absolute atomic E-state index is 12.8. The largest absolute Gasteiger partial charge is 0.497 e. The van der Waals surface area contributed by atoms with Crippen LogP contribution in [-0.2, 0) is 17.5 Å². The van der Waals surface area contributed by atoms with Crippen LogP contribution in [0.4, 0.5) is 13.2 Å². The van der Waals surface area contributed by atoms with Gasteiger partial charge in [-0.3, -0.25) is 9.59 Å². The summed E-state index contributed by atoms with van der Waals surface area (Å²) in [5.74, 6) is 0.458. The van der Waals surface area contributed by atoms with Crippen LogP contribution >= 0.6 is 0 Å². The maximum atomic E-state index is 12.8. The quantitative estimate of drug-likeness (QED) is 0.838. The van der Waals surface area contributed by atoms with Crippen molar-refractivity contribution in [2.75, 3.05) is 7.11 Å². The zero-order valence-electron chi connectivity index (χ0n) is 14.6.